The summed E-state index contributed by atoms with van der Waals surface area (Å²) in [5.74, 6) is 0. The normalized spacial score (nSPS) is 11.7. The van der Waals surface area contributed by atoms with E-state index in [4.69, 9.17) is 23.2 Å². The molecule has 0 amide bonds. The Morgan fingerprint density at radius 2 is 1.33 bits per heavy atom. The van der Waals surface area contributed by atoms with E-state index in [1.54, 1.807) is 72.8 Å². The molecule has 0 atom stereocenters. The van der Waals surface area contributed by atoms with Crippen molar-refractivity contribution >= 4 is 50.9 Å². The first kappa shape index (κ1) is 19.4. The minimum Gasteiger partial charge on any atom is -0.238 e. The van der Waals surface area contributed by atoms with Gasteiger partial charge in [0.15, 0.2) is 0 Å². The lowest BCUT2D eigenvalue weighted by Gasteiger charge is -2.20. The number of nitrogens with zero attached hydrogens (tertiary/aromatic N) is 2. The number of hydrogen-bond donors (Lipinski definition) is 0. The van der Waals surface area contributed by atoms with Crippen molar-refractivity contribution in [2.24, 2.45) is 4.99 Å². The van der Waals surface area contributed by atoms with Gasteiger partial charge in [0, 0.05) is 10.0 Å². The zero-order valence-corrected chi connectivity index (χ0v) is 16.7. The number of aryl methyl sites for hydroxylation is 1. The molecular formula is C20H16Cl2N2O2S. The highest BCUT2D eigenvalue weighted by molar-refractivity contribution is 7.93. The lowest BCUT2D eigenvalue weighted by molar-refractivity contribution is 0.597. The van der Waals surface area contributed by atoms with Crippen LogP contribution in [0.2, 0.25) is 10.0 Å². The lowest BCUT2D eigenvalue weighted by atomic mass is 10.2. The van der Waals surface area contributed by atoms with Gasteiger partial charge in [0.2, 0.25) is 0 Å². The minimum absolute atomic E-state index is 0.172. The van der Waals surface area contributed by atoms with Crippen molar-refractivity contribution in [1.82, 2.24) is 0 Å². The molecule has 0 saturated carbocycles. The van der Waals surface area contributed by atoms with E-state index in [9.17, 15) is 8.42 Å². The molecule has 0 unspecified atom stereocenters. The van der Waals surface area contributed by atoms with Crippen molar-refractivity contribution in [1.29, 1.82) is 0 Å². The van der Waals surface area contributed by atoms with Gasteiger partial charge in [0.25, 0.3) is 10.0 Å². The number of sulfonamides is 1. The van der Waals surface area contributed by atoms with Crippen LogP contribution in [-0.2, 0) is 10.0 Å². The summed E-state index contributed by atoms with van der Waals surface area (Å²) < 4.78 is 27.5. The summed E-state index contributed by atoms with van der Waals surface area (Å²) in [7, 11) is -3.85. The van der Waals surface area contributed by atoms with Crippen LogP contribution in [-0.4, -0.2) is 14.8 Å². The Labute approximate surface area is 168 Å². The number of hydrogen-bond acceptors (Lipinski definition) is 3. The predicted molar refractivity (Wildman–Crippen MR) is 112 cm³/mol. The third-order valence-electron chi connectivity index (χ3n) is 3.80. The van der Waals surface area contributed by atoms with Gasteiger partial charge in [-0.3, -0.25) is 0 Å². The molecule has 0 N–H and O–H groups in total. The third kappa shape index (κ3) is 4.69. The van der Waals surface area contributed by atoms with Crippen molar-refractivity contribution in [3.05, 3.63) is 88.4 Å². The number of rotatable bonds is 5. The monoisotopic (exact) mass is 418 g/mol. The van der Waals surface area contributed by atoms with Gasteiger partial charge in [0.05, 0.1) is 16.3 Å². The summed E-state index contributed by atoms with van der Waals surface area (Å²) in [6.07, 6.45) is 1.28. The summed E-state index contributed by atoms with van der Waals surface area (Å²) in [6.45, 7) is 1.90. The SMILES string of the molecule is Cc1ccc(S(=O)(=O)N(C=Nc2ccc(Cl)cc2)c2ccc(Cl)cc2)cc1. The number of anilines is 1. The highest BCUT2D eigenvalue weighted by Gasteiger charge is 2.23. The van der Waals surface area contributed by atoms with Crippen LogP contribution in [0.3, 0.4) is 0 Å². The molecule has 0 aromatic heterocycles. The van der Waals surface area contributed by atoms with Gasteiger partial charge >= 0.3 is 0 Å². The van der Waals surface area contributed by atoms with E-state index in [0.717, 1.165) is 9.87 Å². The van der Waals surface area contributed by atoms with Gasteiger partial charge in [-0.15, -0.1) is 0 Å². The molecule has 0 fully saturated rings. The van der Waals surface area contributed by atoms with Gasteiger partial charge < -0.3 is 0 Å². The largest absolute Gasteiger partial charge is 0.269 e. The van der Waals surface area contributed by atoms with E-state index in [0.29, 0.717) is 21.4 Å². The van der Waals surface area contributed by atoms with Gasteiger partial charge in [-0.1, -0.05) is 40.9 Å². The predicted octanol–water partition coefficient (Wildman–Crippen LogP) is 5.86. The van der Waals surface area contributed by atoms with E-state index in [-0.39, 0.29) is 4.90 Å². The van der Waals surface area contributed by atoms with E-state index in [1.807, 2.05) is 6.92 Å². The average Bonchev–Trinajstić information content (AvgIpc) is 2.65. The number of halogens is 2. The van der Waals surface area contributed by atoms with E-state index >= 15 is 0 Å². The van der Waals surface area contributed by atoms with Crippen molar-refractivity contribution in [3.63, 3.8) is 0 Å². The summed E-state index contributed by atoms with van der Waals surface area (Å²) >= 11 is 11.8. The molecule has 7 heteroatoms. The fourth-order valence-corrected chi connectivity index (χ4v) is 3.86. The Kier molecular flexibility index (Phi) is 5.85. The molecule has 0 heterocycles. The quantitative estimate of drug-likeness (QED) is 0.384. The first-order valence-electron chi connectivity index (χ1n) is 8.03. The maximum Gasteiger partial charge on any atom is 0.269 e. The second-order valence-corrected chi connectivity index (χ2v) is 8.50. The average molecular weight is 419 g/mol. The number of benzene rings is 3. The Morgan fingerprint density at radius 1 is 0.815 bits per heavy atom. The second kappa shape index (κ2) is 8.13. The Morgan fingerprint density at radius 3 is 1.89 bits per heavy atom. The van der Waals surface area contributed by atoms with Crippen LogP contribution in [0.1, 0.15) is 5.56 Å². The van der Waals surface area contributed by atoms with E-state index in [1.165, 1.54) is 6.34 Å². The molecule has 138 valence electrons. The molecule has 3 aromatic rings. The van der Waals surface area contributed by atoms with Crippen molar-refractivity contribution in [2.45, 2.75) is 11.8 Å². The Bertz CT molecular complexity index is 1050. The Balaban J connectivity index is 2.05. The molecule has 0 aliphatic carbocycles. The van der Waals surface area contributed by atoms with Crippen molar-refractivity contribution < 1.29 is 8.42 Å². The second-order valence-electron chi connectivity index (χ2n) is 5.81. The lowest BCUT2D eigenvalue weighted by Crippen LogP contribution is -2.29. The molecule has 0 aliphatic rings. The number of aliphatic imine (C=N–C) groups is 1. The molecule has 0 radical (unpaired) electrons. The topological polar surface area (TPSA) is 49.7 Å². The first-order chi connectivity index (χ1) is 12.9. The zero-order valence-electron chi connectivity index (χ0n) is 14.4. The summed E-state index contributed by atoms with van der Waals surface area (Å²) in [5, 5.41) is 1.09. The van der Waals surface area contributed by atoms with Crippen LogP contribution >= 0.6 is 23.2 Å². The van der Waals surface area contributed by atoms with E-state index in [2.05, 4.69) is 4.99 Å². The molecule has 0 saturated heterocycles. The summed E-state index contributed by atoms with van der Waals surface area (Å²) in [6, 6.07) is 20.0. The maximum absolute atomic E-state index is 13.2. The smallest absolute Gasteiger partial charge is 0.238 e. The van der Waals surface area contributed by atoms with Crippen LogP contribution in [0, 0.1) is 6.92 Å². The molecule has 0 aliphatic heterocycles. The van der Waals surface area contributed by atoms with Gasteiger partial charge in [-0.2, -0.15) is 0 Å². The first-order valence-corrected chi connectivity index (χ1v) is 10.2. The third-order valence-corrected chi connectivity index (χ3v) is 5.99. The van der Waals surface area contributed by atoms with Crippen LogP contribution in [0.25, 0.3) is 0 Å². The van der Waals surface area contributed by atoms with Crippen molar-refractivity contribution in [2.75, 3.05) is 4.31 Å². The molecule has 4 nitrogen and oxygen atoms in total. The summed E-state index contributed by atoms with van der Waals surface area (Å²) in [4.78, 5) is 4.46. The van der Waals surface area contributed by atoms with Gasteiger partial charge in [-0.05, 0) is 67.6 Å². The fourth-order valence-electron chi connectivity index (χ4n) is 2.33. The molecule has 3 aromatic carbocycles. The molecule has 3 rings (SSSR count). The molecular weight excluding hydrogens is 403 g/mol. The summed E-state index contributed by atoms with van der Waals surface area (Å²) in [5.41, 5.74) is 1.98. The molecule has 0 bridgehead atoms. The van der Waals surface area contributed by atoms with Crippen LogP contribution in [0.5, 0.6) is 0 Å². The molecule has 27 heavy (non-hydrogen) atoms. The zero-order chi connectivity index (χ0) is 19.4. The van der Waals surface area contributed by atoms with E-state index < -0.39 is 10.0 Å². The fraction of sp³-hybridized carbons (Fsp3) is 0.0500. The van der Waals surface area contributed by atoms with Crippen LogP contribution < -0.4 is 4.31 Å². The molecule has 0 spiro atoms. The van der Waals surface area contributed by atoms with Crippen LogP contribution in [0.15, 0.2) is 82.7 Å². The standard InChI is InChI=1S/C20H16Cl2N2O2S/c1-15-2-12-20(13-3-15)27(25,26)24(19-10-6-17(22)7-11-19)14-23-18-8-4-16(21)5-9-18/h2-14H,1H3. The highest BCUT2D eigenvalue weighted by atomic mass is 35.5. The highest BCUT2D eigenvalue weighted by Crippen LogP contribution is 2.25. The van der Waals surface area contributed by atoms with Gasteiger partial charge in [0.1, 0.15) is 6.34 Å². The maximum atomic E-state index is 13.2. The van der Waals surface area contributed by atoms with Gasteiger partial charge in [-0.25, -0.2) is 17.7 Å². The Hall–Kier alpha value is -2.34. The van der Waals surface area contributed by atoms with Crippen molar-refractivity contribution in [3.8, 4) is 0 Å². The minimum atomic E-state index is -3.85. The van der Waals surface area contributed by atoms with Crippen LogP contribution in [0.4, 0.5) is 11.4 Å².